The van der Waals surface area contributed by atoms with E-state index in [4.69, 9.17) is 4.74 Å². The Labute approximate surface area is 98.0 Å². The van der Waals surface area contributed by atoms with Gasteiger partial charge in [-0.1, -0.05) is 6.07 Å². The van der Waals surface area contributed by atoms with Crippen LogP contribution in [-0.2, 0) is 4.74 Å². The first-order chi connectivity index (χ1) is 8.29. The Balaban J connectivity index is 2.20. The summed E-state index contributed by atoms with van der Waals surface area (Å²) in [5, 5.41) is 0. The number of carbonyl (C=O) groups excluding carboxylic acids is 1. The number of hydrogen-bond acceptors (Lipinski definition) is 5. The molecule has 0 unspecified atom stereocenters. The van der Waals surface area contributed by atoms with Crippen molar-refractivity contribution in [3.8, 4) is 11.6 Å². The van der Waals surface area contributed by atoms with Gasteiger partial charge < -0.3 is 9.47 Å². The largest absolute Gasteiger partial charge is 0.465 e. The Morgan fingerprint density at radius 1 is 1.29 bits per heavy atom. The van der Waals surface area contributed by atoms with Gasteiger partial charge in [-0.15, -0.1) is 0 Å². The van der Waals surface area contributed by atoms with E-state index in [1.165, 1.54) is 19.5 Å². The molecule has 0 aliphatic rings. The minimum atomic E-state index is -0.455. The van der Waals surface area contributed by atoms with E-state index in [0.717, 1.165) is 0 Å². The zero-order valence-electron chi connectivity index (χ0n) is 9.16. The van der Waals surface area contributed by atoms with Crippen LogP contribution in [0.2, 0.25) is 0 Å². The van der Waals surface area contributed by atoms with Crippen LogP contribution in [0, 0.1) is 0 Å². The van der Waals surface area contributed by atoms with Crippen molar-refractivity contribution >= 4 is 5.97 Å². The third-order valence-electron chi connectivity index (χ3n) is 1.99. The van der Waals surface area contributed by atoms with Crippen LogP contribution in [0.4, 0.5) is 0 Å². The van der Waals surface area contributed by atoms with E-state index in [-0.39, 0.29) is 0 Å². The first kappa shape index (κ1) is 11.1. The topological polar surface area (TPSA) is 61.3 Å². The number of methoxy groups -OCH3 is 1. The molecule has 0 aromatic carbocycles. The van der Waals surface area contributed by atoms with E-state index in [2.05, 4.69) is 14.7 Å². The van der Waals surface area contributed by atoms with Gasteiger partial charge in [0, 0.05) is 18.5 Å². The fourth-order valence-corrected chi connectivity index (χ4v) is 1.23. The van der Waals surface area contributed by atoms with Crippen LogP contribution in [0.15, 0.2) is 42.9 Å². The average molecular weight is 230 g/mol. The molecule has 0 aliphatic carbocycles. The van der Waals surface area contributed by atoms with Crippen LogP contribution in [0.1, 0.15) is 10.4 Å². The summed E-state index contributed by atoms with van der Waals surface area (Å²) in [7, 11) is 1.31. The van der Waals surface area contributed by atoms with Crippen LogP contribution < -0.4 is 4.74 Å². The molecule has 0 N–H and O–H groups in total. The second-order valence-corrected chi connectivity index (χ2v) is 3.17. The zero-order valence-corrected chi connectivity index (χ0v) is 9.16. The van der Waals surface area contributed by atoms with E-state index in [1.54, 1.807) is 30.5 Å². The fourth-order valence-electron chi connectivity index (χ4n) is 1.23. The first-order valence-corrected chi connectivity index (χ1v) is 4.92. The van der Waals surface area contributed by atoms with Gasteiger partial charge >= 0.3 is 5.97 Å². The molecule has 0 saturated carbocycles. The van der Waals surface area contributed by atoms with Gasteiger partial charge in [0.15, 0.2) is 0 Å². The lowest BCUT2D eigenvalue weighted by Crippen LogP contribution is -2.02. The zero-order chi connectivity index (χ0) is 12.1. The second-order valence-electron chi connectivity index (χ2n) is 3.17. The molecular formula is C12H10N2O3. The number of esters is 1. The lowest BCUT2D eigenvalue weighted by molar-refractivity contribution is 0.0600. The van der Waals surface area contributed by atoms with E-state index in [1.807, 2.05) is 0 Å². The molecule has 2 aromatic rings. The van der Waals surface area contributed by atoms with Gasteiger partial charge in [0.05, 0.1) is 18.9 Å². The lowest BCUT2D eigenvalue weighted by atomic mass is 10.3. The summed E-state index contributed by atoms with van der Waals surface area (Å²) in [6, 6.07) is 6.86. The summed E-state index contributed by atoms with van der Waals surface area (Å²) in [4.78, 5) is 19.2. The normalized spacial score (nSPS) is 9.71. The Hall–Kier alpha value is -2.43. The highest BCUT2D eigenvalue weighted by Crippen LogP contribution is 2.18. The molecule has 0 aliphatic heterocycles. The van der Waals surface area contributed by atoms with Gasteiger partial charge in [-0.2, -0.15) is 0 Å². The molecule has 0 fully saturated rings. The third kappa shape index (κ3) is 2.78. The van der Waals surface area contributed by atoms with Crippen molar-refractivity contribution in [2.75, 3.05) is 7.11 Å². The van der Waals surface area contributed by atoms with Crippen LogP contribution in [-0.4, -0.2) is 23.0 Å². The molecule has 17 heavy (non-hydrogen) atoms. The van der Waals surface area contributed by atoms with Crippen LogP contribution in [0.25, 0.3) is 0 Å². The van der Waals surface area contributed by atoms with Crippen molar-refractivity contribution < 1.29 is 14.3 Å². The molecule has 0 atom stereocenters. The summed E-state index contributed by atoms with van der Waals surface area (Å²) in [5.74, 6) is 0.423. The van der Waals surface area contributed by atoms with Gasteiger partial charge in [0.1, 0.15) is 5.75 Å². The predicted molar refractivity (Wildman–Crippen MR) is 59.9 cm³/mol. The van der Waals surface area contributed by atoms with Crippen molar-refractivity contribution in [3.63, 3.8) is 0 Å². The van der Waals surface area contributed by atoms with Crippen molar-refractivity contribution in [2.45, 2.75) is 0 Å². The van der Waals surface area contributed by atoms with E-state index < -0.39 is 5.97 Å². The number of rotatable bonds is 3. The number of carbonyl (C=O) groups is 1. The van der Waals surface area contributed by atoms with Crippen molar-refractivity contribution in [3.05, 3.63) is 48.4 Å². The minimum absolute atomic E-state index is 0.334. The number of ether oxygens (including phenoxy) is 2. The Bertz CT molecular complexity index is 514. The molecule has 5 heteroatoms. The fraction of sp³-hybridized carbons (Fsp3) is 0.0833. The van der Waals surface area contributed by atoms with E-state index in [9.17, 15) is 4.79 Å². The Morgan fingerprint density at radius 3 is 2.88 bits per heavy atom. The monoisotopic (exact) mass is 230 g/mol. The van der Waals surface area contributed by atoms with Crippen molar-refractivity contribution in [1.82, 2.24) is 9.97 Å². The molecule has 0 amide bonds. The SMILES string of the molecule is COC(=O)c1cncc(Oc2ccccn2)c1. The predicted octanol–water partition coefficient (Wildman–Crippen LogP) is 2.06. The molecule has 86 valence electrons. The summed E-state index contributed by atoms with van der Waals surface area (Å²) in [6.45, 7) is 0. The van der Waals surface area contributed by atoms with Gasteiger partial charge in [-0.3, -0.25) is 4.98 Å². The average Bonchev–Trinajstić information content (AvgIpc) is 2.39. The molecule has 0 saturated heterocycles. The van der Waals surface area contributed by atoms with Gasteiger partial charge in [-0.25, -0.2) is 9.78 Å². The molecule has 0 bridgehead atoms. The number of nitrogens with zero attached hydrogens (tertiary/aromatic N) is 2. The molecule has 0 radical (unpaired) electrons. The molecule has 2 aromatic heterocycles. The summed E-state index contributed by atoms with van der Waals surface area (Å²) < 4.78 is 10.0. The van der Waals surface area contributed by atoms with Crippen molar-refractivity contribution in [2.24, 2.45) is 0 Å². The van der Waals surface area contributed by atoms with Crippen molar-refractivity contribution in [1.29, 1.82) is 0 Å². The standard InChI is InChI=1S/C12H10N2O3/c1-16-12(15)9-6-10(8-13-7-9)17-11-4-2-3-5-14-11/h2-8H,1H3. The second kappa shape index (κ2) is 5.07. The highest BCUT2D eigenvalue weighted by atomic mass is 16.5. The maximum absolute atomic E-state index is 11.3. The Kier molecular flexibility index (Phi) is 3.30. The van der Waals surface area contributed by atoms with Gasteiger partial charge in [0.25, 0.3) is 0 Å². The molecule has 2 heterocycles. The molecule has 5 nitrogen and oxygen atoms in total. The summed E-state index contributed by atoms with van der Waals surface area (Å²) in [5.41, 5.74) is 0.334. The molecular weight excluding hydrogens is 220 g/mol. The maximum atomic E-state index is 11.3. The van der Waals surface area contributed by atoms with E-state index >= 15 is 0 Å². The maximum Gasteiger partial charge on any atom is 0.339 e. The van der Waals surface area contributed by atoms with E-state index in [0.29, 0.717) is 17.2 Å². The Morgan fingerprint density at radius 2 is 2.18 bits per heavy atom. The van der Waals surface area contributed by atoms with Crippen LogP contribution >= 0.6 is 0 Å². The number of hydrogen-bond donors (Lipinski definition) is 0. The first-order valence-electron chi connectivity index (χ1n) is 4.92. The summed E-state index contributed by atoms with van der Waals surface area (Å²) >= 11 is 0. The van der Waals surface area contributed by atoms with Crippen LogP contribution in [0.5, 0.6) is 11.6 Å². The smallest absolute Gasteiger partial charge is 0.339 e. The highest BCUT2D eigenvalue weighted by Gasteiger charge is 2.07. The quantitative estimate of drug-likeness (QED) is 0.755. The highest BCUT2D eigenvalue weighted by molar-refractivity contribution is 5.89. The van der Waals surface area contributed by atoms with Gasteiger partial charge in [-0.05, 0) is 12.1 Å². The number of aromatic nitrogens is 2. The van der Waals surface area contributed by atoms with Crippen LogP contribution in [0.3, 0.4) is 0 Å². The molecule has 2 rings (SSSR count). The minimum Gasteiger partial charge on any atom is -0.465 e. The lowest BCUT2D eigenvalue weighted by Gasteiger charge is -2.04. The molecule has 0 spiro atoms. The number of pyridine rings is 2. The van der Waals surface area contributed by atoms with Gasteiger partial charge in [0.2, 0.25) is 5.88 Å². The third-order valence-corrected chi connectivity index (χ3v) is 1.99. The summed E-state index contributed by atoms with van der Waals surface area (Å²) in [6.07, 6.45) is 4.53.